The Morgan fingerprint density at radius 1 is 1.12 bits per heavy atom. The maximum Gasteiger partial charge on any atom is 0.253 e. The lowest BCUT2D eigenvalue weighted by atomic mass is 10.0. The number of nitrogens with zero attached hydrogens (tertiary/aromatic N) is 3. The fourth-order valence-electron chi connectivity index (χ4n) is 4.30. The van der Waals surface area contributed by atoms with E-state index in [0.29, 0.717) is 18.6 Å². The van der Waals surface area contributed by atoms with E-state index >= 15 is 0 Å². The molecular weight excluding hydrogens is 410 g/mol. The number of carbonyl (C=O) groups excluding carboxylic acids is 1. The summed E-state index contributed by atoms with van der Waals surface area (Å²) in [6, 6.07) is 19.5. The second kappa shape index (κ2) is 12.4. The van der Waals surface area contributed by atoms with Crippen LogP contribution < -0.4 is 10.6 Å². The lowest BCUT2D eigenvalue weighted by Gasteiger charge is -2.37. The third kappa shape index (κ3) is 7.32. The summed E-state index contributed by atoms with van der Waals surface area (Å²) in [6.07, 6.45) is 3.02. The Hall–Kier alpha value is -2.86. The predicted octanol–water partition coefficient (Wildman–Crippen LogP) is 3.71. The fourth-order valence-corrected chi connectivity index (χ4v) is 4.30. The van der Waals surface area contributed by atoms with E-state index < -0.39 is 0 Å². The lowest BCUT2D eigenvalue weighted by molar-refractivity contribution is 0.0827. The summed E-state index contributed by atoms with van der Waals surface area (Å²) in [7, 11) is 3.56. The van der Waals surface area contributed by atoms with Crippen molar-refractivity contribution in [3.05, 3.63) is 71.3 Å². The topological polar surface area (TPSA) is 60.0 Å². The van der Waals surface area contributed by atoms with Crippen molar-refractivity contribution >= 4 is 11.9 Å². The molecule has 1 aliphatic rings. The first-order chi connectivity index (χ1) is 16.0. The highest BCUT2D eigenvalue weighted by atomic mass is 16.2. The maximum absolute atomic E-state index is 12.2. The molecule has 1 aliphatic heterocycles. The van der Waals surface area contributed by atoms with Gasteiger partial charge in [-0.25, -0.2) is 0 Å². The van der Waals surface area contributed by atoms with Crippen molar-refractivity contribution in [3.8, 4) is 0 Å². The Balaban J connectivity index is 1.51. The molecule has 0 radical (unpaired) electrons. The van der Waals surface area contributed by atoms with Crippen LogP contribution in [0.1, 0.15) is 54.2 Å². The van der Waals surface area contributed by atoms with Crippen molar-refractivity contribution in [3.63, 3.8) is 0 Å². The van der Waals surface area contributed by atoms with E-state index in [1.807, 2.05) is 18.2 Å². The van der Waals surface area contributed by atoms with Crippen LogP contribution in [0, 0.1) is 0 Å². The smallest absolute Gasteiger partial charge is 0.253 e. The molecule has 33 heavy (non-hydrogen) atoms. The summed E-state index contributed by atoms with van der Waals surface area (Å²) in [5.41, 5.74) is 3.24. The van der Waals surface area contributed by atoms with Gasteiger partial charge in [-0.1, -0.05) is 42.5 Å². The quantitative estimate of drug-likeness (QED) is 0.476. The molecule has 1 saturated heterocycles. The molecule has 0 aliphatic carbocycles. The number of carbonyl (C=O) groups is 1. The SMILES string of the molecule is CCNC(=NCCc1cccc(C(=O)N(C)C)c1)NC1CCN(C(C)c2ccccc2)CC1. The van der Waals surface area contributed by atoms with E-state index in [9.17, 15) is 4.79 Å². The molecular formula is C27H39N5O. The number of rotatable bonds is 8. The molecule has 1 fully saturated rings. The average molecular weight is 450 g/mol. The van der Waals surface area contributed by atoms with Crippen LogP contribution in [0.25, 0.3) is 0 Å². The summed E-state index contributed by atoms with van der Waals surface area (Å²) in [5, 5.41) is 7.02. The monoisotopic (exact) mass is 449 g/mol. The summed E-state index contributed by atoms with van der Waals surface area (Å²) in [5.74, 6) is 0.913. The van der Waals surface area contributed by atoms with Crippen LogP contribution in [0.3, 0.4) is 0 Å². The minimum atomic E-state index is 0.0308. The van der Waals surface area contributed by atoms with E-state index in [1.165, 1.54) is 5.56 Å². The molecule has 2 N–H and O–H groups in total. The van der Waals surface area contributed by atoms with Crippen LogP contribution in [0.15, 0.2) is 59.6 Å². The first-order valence-corrected chi connectivity index (χ1v) is 12.1. The fraction of sp³-hybridized carbons (Fsp3) is 0.481. The van der Waals surface area contributed by atoms with Gasteiger partial charge in [0.15, 0.2) is 5.96 Å². The van der Waals surface area contributed by atoms with E-state index in [1.54, 1.807) is 19.0 Å². The van der Waals surface area contributed by atoms with Gasteiger partial charge in [0.2, 0.25) is 0 Å². The molecule has 178 valence electrons. The standard InChI is InChI=1S/C27H39N5O/c1-5-28-27(29-17-14-22-10-9-13-24(20-22)26(33)31(3)4)30-25-15-18-32(19-16-25)21(2)23-11-7-6-8-12-23/h6-13,20-21,25H,5,14-19H2,1-4H3,(H2,28,29,30). The van der Waals surface area contributed by atoms with Gasteiger partial charge >= 0.3 is 0 Å². The molecule has 1 atom stereocenters. The number of benzene rings is 2. The number of aliphatic imine (C=N–C) groups is 1. The summed E-state index contributed by atoms with van der Waals surface area (Å²) in [4.78, 5) is 21.2. The number of likely N-dealkylation sites (tertiary alicyclic amines) is 1. The molecule has 2 aromatic carbocycles. The zero-order valence-corrected chi connectivity index (χ0v) is 20.6. The maximum atomic E-state index is 12.2. The molecule has 0 saturated carbocycles. The Morgan fingerprint density at radius 3 is 2.52 bits per heavy atom. The van der Waals surface area contributed by atoms with Crippen molar-refractivity contribution in [1.29, 1.82) is 0 Å². The van der Waals surface area contributed by atoms with Crippen molar-refractivity contribution < 1.29 is 4.79 Å². The van der Waals surface area contributed by atoms with Crippen LogP contribution in [-0.2, 0) is 6.42 Å². The second-order valence-corrected chi connectivity index (χ2v) is 8.95. The van der Waals surface area contributed by atoms with Crippen LogP contribution in [0.4, 0.5) is 0 Å². The molecule has 0 spiro atoms. The second-order valence-electron chi connectivity index (χ2n) is 8.95. The summed E-state index contributed by atoms with van der Waals surface area (Å²) in [6.45, 7) is 8.08. The van der Waals surface area contributed by atoms with E-state index in [-0.39, 0.29) is 5.91 Å². The number of nitrogens with one attached hydrogen (secondary N) is 2. The van der Waals surface area contributed by atoms with Gasteiger partial charge in [-0.2, -0.15) is 0 Å². The van der Waals surface area contributed by atoms with Crippen molar-refractivity contribution in [1.82, 2.24) is 20.4 Å². The molecule has 3 rings (SSSR count). The zero-order valence-electron chi connectivity index (χ0n) is 20.6. The number of hydrogen-bond donors (Lipinski definition) is 2. The molecule has 1 heterocycles. The minimum Gasteiger partial charge on any atom is -0.357 e. The van der Waals surface area contributed by atoms with E-state index in [0.717, 1.165) is 56.0 Å². The Bertz CT molecular complexity index is 904. The summed E-state index contributed by atoms with van der Waals surface area (Å²) < 4.78 is 0. The van der Waals surface area contributed by atoms with Crippen molar-refractivity contribution in [2.24, 2.45) is 4.99 Å². The highest BCUT2D eigenvalue weighted by Gasteiger charge is 2.24. The molecule has 6 nitrogen and oxygen atoms in total. The summed E-state index contributed by atoms with van der Waals surface area (Å²) >= 11 is 0. The minimum absolute atomic E-state index is 0.0308. The first kappa shape index (κ1) is 24.8. The highest BCUT2D eigenvalue weighted by molar-refractivity contribution is 5.94. The largest absolute Gasteiger partial charge is 0.357 e. The third-order valence-electron chi connectivity index (χ3n) is 6.29. The first-order valence-electron chi connectivity index (χ1n) is 12.1. The van der Waals surface area contributed by atoms with Gasteiger partial charge in [0.05, 0.1) is 0 Å². The van der Waals surface area contributed by atoms with Crippen LogP contribution in [0.2, 0.25) is 0 Å². The van der Waals surface area contributed by atoms with Gasteiger partial charge in [0.1, 0.15) is 0 Å². The number of hydrogen-bond acceptors (Lipinski definition) is 3. The van der Waals surface area contributed by atoms with E-state index in [4.69, 9.17) is 4.99 Å². The van der Waals surface area contributed by atoms with Gasteiger partial charge in [-0.05, 0) is 56.4 Å². The lowest BCUT2D eigenvalue weighted by Crippen LogP contribution is -2.49. The van der Waals surface area contributed by atoms with Crippen LogP contribution in [0.5, 0.6) is 0 Å². The van der Waals surface area contributed by atoms with Gasteiger partial charge in [-0.15, -0.1) is 0 Å². The van der Waals surface area contributed by atoms with E-state index in [2.05, 4.69) is 65.8 Å². The normalized spacial score (nSPS) is 16.3. The average Bonchev–Trinajstić information content (AvgIpc) is 2.84. The molecule has 6 heteroatoms. The highest BCUT2D eigenvalue weighted by Crippen LogP contribution is 2.24. The van der Waals surface area contributed by atoms with Crippen molar-refractivity contribution in [2.75, 3.05) is 40.3 Å². The van der Waals surface area contributed by atoms with Crippen LogP contribution in [-0.4, -0.2) is 68.0 Å². The Kier molecular flexibility index (Phi) is 9.31. The Morgan fingerprint density at radius 2 is 1.85 bits per heavy atom. The Labute approximate surface area is 199 Å². The van der Waals surface area contributed by atoms with Gasteiger partial charge in [0, 0.05) is 57.9 Å². The zero-order chi connectivity index (χ0) is 23.6. The molecule has 0 aromatic heterocycles. The van der Waals surface area contributed by atoms with Crippen molar-refractivity contribution in [2.45, 2.75) is 45.2 Å². The third-order valence-corrected chi connectivity index (χ3v) is 6.29. The van der Waals surface area contributed by atoms with Gasteiger partial charge in [0.25, 0.3) is 5.91 Å². The molecule has 1 unspecified atom stereocenters. The number of guanidine groups is 1. The van der Waals surface area contributed by atoms with Crippen LogP contribution >= 0.6 is 0 Å². The molecule has 0 bridgehead atoms. The van der Waals surface area contributed by atoms with Gasteiger partial charge < -0.3 is 15.5 Å². The predicted molar refractivity (Wildman–Crippen MR) is 137 cm³/mol. The number of amides is 1. The molecule has 1 amide bonds. The van der Waals surface area contributed by atoms with Gasteiger partial charge in [-0.3, -0.25) is 14.7 Å². The molecule has 2 aromatic rings. The number of piperidine rings is 1.